The minimum absolute atomic E-state index is 0.0966. The van der Waals surface area contributed by atoms with Crippen molar-refractivity contribution in [3.8, 4) is 0 Å². The van der Waals surface area contributed by atoms with E-state index in [1.165, 1.54) is 12.8 Å². The van der Waals surface area contributed by atoms with Gasteiger partial charge in [-0.25, -0.2) is 0 Å². The smallest absolute Gasteiger partial charge is 0.255 e. The van der Waals surface area contributed by atoms with Gasteiger partial charge in [0.05, 0.1) is 13.2 Å². The van der Waals surface area contributed by atoms with Crippen LogP contribution in [0, 0.1) is 0 Å². The van der Waals surface area contributed by atoms with Crippen molar-refractivity contribution in [1.29, 1.82) is 0 Å². The van der Waals surface area contributed by atoms with Crippen molar-refractivity contribution in [3.05, 3.63) is 34.9 Å². The van der Waals surface area contributed by atoms with Crippen molar-refractivity contribution >= 4 is 17.7 Å². The molecule has 0 aliphatic carbocycles. The van der Waals surface area contributed by atoms with E-state index in [0.29, 0.717) is 44.8 Å². The number of morpholine rings is 1. The Hall–Kier alpha value is -2.29. The van der Waals surface area contributed by atoms with E-state index in [-0.39, 0.29) is 24.1 Å². The summed E-state index contributed by atoms with van der Waals surface area (Å²) in [6, 6.07) is 6.15. The van der Waals surface area contributed by atoms with Crippen LogP contribution in [0.15, 0.2) is 18.2 Å². The number of carbonyl (C=O) groups is 3. The molecule has 3 amide bonds. The summed E-state index contributed by atoms with van der Waals surface area (Å²) in [5.41, 5.74) is 2.71. The highest BCUT2D eigenvalue weighted by atomic mass is 16.5. The Kier molecular flexibility index (Phi) is 5.77. The summed E-state index contributed by atoms with van der Waals surface area (Å²) < 4.78 is 5.81. The molecule has 8 nitrogen and oxygen atoms in total. The Bertz CT molecular complexity index is 882. The molecule has 2 N–H and O–H groups in total. The van der Waals surface area contributed by atoms with Crippen LogP contribution in [0.4, 0.5) is 0 Å². The number of nitrogens with zero attached hydrogens (tertiary/aromatic N) is 2. The van der Waals surface area contributed by atoms with Gasteiger partial charge in [0, 0.05) is 43.7 Å². The summed E-state index contributed by atoms with van der Waals surface area (Å²) in [5, 5.41) is 6.03. The van der Waals surface area contributed by atoms with E-state index in [1.807, 2.05) is 18.2 Å². The first-order valence-corrected chi connectivity index (χ1v) is 11.4. The fourth-order valence-electron chi connectivity index (χ4n) is 5.47. The molecule has 3 saturated heterocycles. The van der Waals surface area contributed by atoms with Crippen molar-refractivity contribution in [3.63, 3.8) is 0 Å². The molecule has 3 atom stereocenters. The number of imide groups is 1. The first-order chi connectivity index (χ1) is 15.1. The Balaban J connectivity index is 1.36. The fourth-order valence-corrected chi connectivity index (χ4v) is 5.47. The summed E-state index contributed by atoms with van der Waals surface area (Å²) in [7, 11) is 0. The van der Waals surface area contributed by atoms with E-state index in [2.05, 4.69) is 15.5 Å². The highest BCUT2D eigenvalue weighted by Gasteiger charge is 2.40. The molecular formula is C23H30N4O4. The summed E-state index contributed by atoms with van der Waals surface area (Å²) in [4.78, 5) is 41.3. The maximum Gasteiger partial charge on any atom is 0.255 e. The molecule has 0 spiro atoms. The molecular weight excluding hydrogens is 396 g/mol. The lowest BCUT2D eigenvalue weighted by Gasteiger charge is -2.42. The molecule has 166 valence electrons. The van der Waals surface area contributed by atoms with Crippen LogP contribution in [0.1, 0.15) is 53.6 Å². The molecule has 0 saturated carbocycles. The van der Waals surface area contributed by atoms with Gasteiger partial charge in [-0.15, -0.1) is 0 Å². The van der Waals surface area contributed by atoms with Crippen molar-refractivity contribution < 1.29 is 19.1 Å². The van der Waals surface area contributed by atoms with Crippen LogP contribution in [0.5, 0.6) is 0 Å². The number of nitrogens with one attached hydrogen (secondary N) is 2. The van der Waals surface area contributed by atoms with Gasteiger partial charge in [-0.1, -0.05) is 24.6 Å². The van der Waals surface area contributed by atoms with Crippen LogP contribution in [0.25, 0.3) is 0 Å². The van der Waals surface area contributed by atoms with Crippen LogP contribution in [0.3, 0.4) is 0 Å². The lowest BCUT2D eigenvalue weighted by molar-refractivity contribution is -0.136. The topological polar surface area (TPSA) is 91.0 Å². The predicted octanol–water partition coefficient (Wildman–Crippen LogP) is 0.791. The van der Waals surface area contributed by atoms with Gasteiger partial charge < -0.3 is 15.0 Å². The van der Waals surface area contributed by atoms with Gasteiger partial charge in [0.1, 0.15) is 6.04 Å². The van der Waals surface area contributed by atoms with Gasteiger partial charge in [-0.3, -0.25) is 24.6 Å². The zero-order valence-corrected chi connectivity index (χ0v) is 17.8. The Morgan fingerprint density at radius 1 is 1.13 bits per heavy atom. The number of amides is 3. The number of carbonyl (C=O) groups excluding carboxylic acids is 3. The van der Waals surface area contributed by atoms with Gasteiger partial charge in [0.15, 0.2) is 0 Å². The molecule has 8 heteroatoms. The lowest BCUT2D eigenvalue weighted by atomic mass is 9.95. The highest BCUT2D eigenvalue weighted by molar-refractivity contribution is 6.05. The monoisotopic (exact) mass is 426 g/mol. The first kappa shape index (κ1) is 20.6. The van der Waals surface area contributed by atoms with Crippen LogP contribution in [-0.4, -0.2) is 72.0 Å². The first-order valence-electron chi connectivity index (χ1n) is 11.4. The fraction of sp³-hybridized carbons (Fsp3) is 0.609. The molecule has 0 aromatic heterocycles. The second-order valence-corrected chi connectivity index (χ2v) is 9.02. The molecule has 1 aromatic rings. The van der Waals surface area contributed by atoms with Gasteiger partial charge in [0.2, 0.25) is 11.8 Å². The molecule has 1 aromatic carbocycles. The summed E-state index contributed by atoms with van der Waals surface area (Å²) >= 11 is 0. The van der Waals surface area contributed by atoms with Crippen LogP contribution in [-0.2, 0) is 27.4 Å². The minimum Gasteiger partial charge on any atom is -0.378 e. The number of hydrogen-bond donors (Lipinski definition) is 2. The molecule has 4 aliphatic heterocycles. The molecule has 3 unspecified atom stereocenters. The van der Waals surface area contributed by atoms with Crippen molar-refractivity contribution in [2.45, 2.75) is 63.3 Å². The third-order valence-electron chi connectivity index (χ3n) is 7.11. The zero-order valence-electron chi connectivity index (χ0n) is 17.8. The molecule has 3 fully saturated rings. The quantitative estimate of drug-likeness (QED) is 0.692. The highest BCUT2D eigenvalue weighted by Crippen LogP contribution is 2.31. The minimum atomic E-state index is -0.576. The largest absolute Gasteiger partial charge is 0.378 e. The number of fused-ring (bicyclic) bond motifs is 1. The van der Waals surface area contributed by atoms with Crippen LogP contribution >= 0.6 is 0 Å². The van der Waals surface area contributed by atoms with Crippen molar-refractivity contribution in [2.75, 3.05) is 26.3 Å². The standard InChI is InChI=1S/C23H30N4O4/c28-20-8-7-18(22(29)25-20)27-13-16-5-3-4-15(21(16)23(27)30)12-26-10-11-31-14-19(26)17-6-1-2-9-24-17/h3-5,17-19,24H,1-2,6-14H2,(H,25,28,29). The second-order valence-electron chi connectivity index (χ2n) is 9.02. The van der Waals surface area contributed by atoms with Gasteiger partial charge >= 0.3 is 0 Å². The van der Waals surface area contributed by atoms with E-state index in [0.717, 1.165) is 36.2 Å². The molecule has 0 bridgehead atoms. The number of benzene rings is 1. The van der Waals surface area contributed by atoms with E-state index in [9.17, 15) is 14.4 Å². The summed E-state index contributed by atoms with van der Waals surface area (Å²) in [5.74, 6) is -0.725. The van der Waals surface area contributed by atoms with E-state index >= 15 is 0 Å². The number of ether oxygens (including phenoxy) is 1. The van der Waals surface area contributed by atoms with Crippen LogP contribution in [0.2, 0.25) is 0 Å². The zero-order chi connectivity index (χ0) is 21.4. The molecule has 4 heterocycles. The maximum absolute atomic E-state index is 13.4. The SMILES string of the molecule is O=C1CCC(N2Cc3cccc(CN4CCOCC4C4CCCCN4)c3C2=O)C(=O)N1. The predicted molar refractivity (Wildman–Crippen MR) is 113 cm³/mol. The molecule has 31 heavy (non-hydrogen) atoms. The van der Waals surface area contributed by atoms with Crippen molar-refractivity contribution in [2.24, 2.45) is 0 Å². The molecule has 4 aliphatic rings. The Morgan fingerprint density at radius 2 is 2.03 bits per heavy atom. The number of piperidine rings is 2. The third kappa shape index (κ3) is 4.00. The number of hydrogen-bond acceptors (Lipinski definition) is 6. The normalized spacial score (nSPS) is 29.7. The van der Waals surface area contributed by atoms with Gasteiger partial charge in [0.25, 0.3) is 5.91 Å². The second kappa shape index (κ2) is 8.68. The third-order valence-corrected chi connectivity index (χ3v) is 7.11. The summed E-state index contributed by atoms with van der Waals surface area (Å²) in [6.07, 6.45) is 4.27. The van der Waals surface area contributed by atoms with E-state index in [1.54, 1.807) is 4.90 Å². The Labute approximate surface area is 182 Å². The summed E-state index contributed by atoms with van der Waals surface area (Å²) in [6.45, 7) is 4.43. The lowest BCUT2D eigenvalue weighted by Crippen LogP contribution is -2.57. The average molecular weight is 427 g/mol. The maximum atomic E-state index is 13.4. The molecule has 0 radical (unpaired) electrons. The van der Waals surface area contributed by atoms with Gasteiger partial charge in [-0.2, -0.15) is 0 Å². The Morgan fingerprint density at radius 3 is 2.84 bits per heavy atom. The van der Waals surface area contributed by atoms with Crippen molar-refractivity contribution in [1.82, 2.24) is 20.4 Å². The van der Waals surface area contributed by atoms with E-state index < -0.39 is 6.04 Å². The number of rotatable bonds is 4. The van der Waals surface area contributed by atoms with Crippen LogP contribution < -0.4 is 10.6 Å². The van der Waals surface area contributed by atoms with Gasteiger partial charge in [-0.05, 0) is 36.9 Å². The molecule has 5 rings (SSSR count). The van der Waals surface area contributed by atoms with E-state index in [4.69, 9.17) is 4.74 Å². The average Bonchev–Trinajstić information content (AvgIpc) is 3.12.